The Kier molecular flexibility index (Phi) is 8.35. The van der Waals surface area contributed by atoms with Crippen molar-refractivity contribution >= 4 is 34.7 Å². The SMILES string of the molecule is CCN(CC)CCCNC(=S)Nc1cc(C)n(Cc2cccc(Cl)c2)n1. The van der Waals surface area contributed by atoms with Gasteiger partial charge >= 0.3 is 0 Å². The maximum atomic E-state index is 6.05. The van der Waals surface area contributed by atoms with Gasteiger partial charge in [0, 0.05) is 23.3 Å². The van der Waals surface area contributed by atoms with E-state index >= 15 is 0 Å². The first-order valence-electron chi connectivity index (χ1n) is 9.08. The highest BCUT2D eigenvalue weighted by Crippen LogP contribution is 2.14. The lowest BCUT2D eigenvalue weighted by atomic mass is 10.2. The topological polar surface area (TPSA) is 45.1 Å². The van der Waals surface area contributed by atoms with E-state index in [2.05, 4.69) is 34.5 Å². The van der Waals surface area contributed by atoms with Crippen LogP contribution in [0.5, 0.6) is 0 Å². The van der Waals surface area contributed by atoms with E-state index in [4.69, 9.17) is 23.8 Å². The number of anilines is 1. The van der Waals surface area contributed by atoms with Crippen LogP contribution in [0.4, 0.5) is 5.82 Å². The van der Waals surface area contributed by atoms with Crippen LogP contribution in [0.2, 0.25) is 5.02 Å². The summed E-state index contributed by atoms with van der Waals surface area (Å²) < 4.78 is 1.94. The summed E-state index contributed by atoms with van der Waals surface area (Å²) in [7, 11) is 0. The standard InChI is InChI=1S/C19H28ClN5S/c1-4-24(5-2)11-7-10-21-19(26)22-18-12-15(3)25(23-18)14-16-8-6-9-17(20)13-16/h6,8-9,12-13H,4-5,7,10-11,14H2,1-3H3,(H2,21,22,23,26). The van der Waals surface area contributed by atoms with Gasteiger partial charge in [-0.2, -0.15) is 5.10 Å². The summed E-state index contributed by atoms with van der Waals surface area (Å²) in [6.45, 7) is 11.2. The Morgan fingerprint density at radius 3 is 2.73 bits per heavy atom. The minimum Gasteiger partial charge on any atom is -0.362 e. The Morgan fingerprint density at radius 1 is 1.27 bits per heavy atom. The van der Waals surface area contributed by atoms with Crippen LogP contribution in [0.1, 0.15) is 31.5 Å². The fourth-order valence-corrected chi connectivity index (χ4v) is 3.16. The molecule has 0 atom stereocenters. The van der Waals surface area contributed by atoms with Gasteiger partial charge in [0.15, 0.2) is 10.9 Å². The zero-order chi connectivity index (χ0) is 18.9. The maximum absolute atomic E-state index is 6.05. The van der Waals surface area contributed by atoms with Crippen molar-refractivity contribution in [3.63, 3.8) is 0 Å². The number of aryl methyl sites for hydroxylation is 1. The Balaban J connectivity index is 1.81. The maximum Gasteiger partial charge on any atom is 0.171 e. The summed E-state index contributed by atoms with van der Waals surface area (Å²) in [4.78, 5) is 2.40. The van der Waals surface area contributed by atoms with Gasteiger partial charge in [0.1, 0.15) is 0 Å². The van der Waals surface area contributed by atoms with E-state index in [1.54, 1.807) is 0 Å². The summed E-state index contributed by atoms with van der Waals surface area (Å²) in [6, 6.07) is 9.82. The second-order valence-corrected chi connectivity index (χ2v) is 7.06. The van der Waals surface area contributed by atoms with Crippen molar-refractivity contribution in [3.05, 3.63) is 46.6 Å². The van der Waals surface area contributed by atoms with Crippen molar-refractivity contribution in [2.24, 2.45) is 0 Å². The van der Waals surface area contributed by atoms with Crippen LogP contribution in [-0.4, -0.2) is 46.0 Å². The summed E-state index contributed by atoms with van der Waals surface area (Å²) in [5, 5.41) is 12.3. The van der Waals surface area contributed by atoms with Crippen LogP contribution in [0.3, 0.4) is 0 Å². The van der Waals surface area contributed by atoms with Gasteiger partial charge in [0.2, 0.25) is 0 Å². The summed E-state index contributed by atoms with van der Waals surface area (Å²) in [5.41, 5.74) is 2.18. The van der Waals surface area contributed by atoms with Crippen molar-refractivity contribution in [3.8, 4) is 0 Å². The summed E-state index contributed by atoms with van der Waals surface area (Å²) in [6.07, 6.45) is 1.06. The molecule has 0 unspecified atom stereocenters. The Morgan fingerprint density at radius 2 is 2.04 bits per heavy atom. The molecule has 0 radical (unpaired) electrons. The molecule has 7 heteroatoms. The lowest BCUT2D eigenvalue weighted by Crippen LogP contribution is -2.32. The minimum absolute atomic E-state index is 0.608. The van der Waals surface area contributed by atoms with E-state index in [0.29, 0.717) is 11.7 Å². The van der Waals surface area contributed by atoms with Crippen LogP contribution in [0.15, 0.2) is 30.3 Å². The number of hydrogen-bond donors (Lipinski definition) is 2. The number of halogens is 1. The number of nitrogens with zero attached hydrogens (tertiary/aromatic N) is 3. The fourth-order valence-electron chi connectivity index (χ4n) is 2.74. The van der Waals surface area contributed by atoms with E-state index in [9.17, 15) is 0 Å². The zero-order valence-corrected chi connectivity index (χ0v) is 17.3. The van der Waals surface area contributed by atoms with Crippen molar-refractivity contribution < 1.29 is 0 Å². The van der Waals surface area contributed by atoms with Crippen molar-refractivity contribution in [1.82, 2.24) is 20.0 Å². The Bertz CT molecular complexity index is 712. The first-order valence-corrected chi connectivity index (χ1v) is 9.86. The predicted octanol–water partition coefficient (Wildman–Crippen LogP) is 3.91. The normalized spacial score (nSPS) is 11.0. The average molecular weight is 394 g/mol. The molecule has 0 amide bonds. The van der Waals surface area contributed by atoms with Gasteiger partial charge in [-0.15, -0.1) is 0 Å². The molecule has 1 heterocycles. The molecule has 26 heavy (non-hydrogen) atoms. The van der Waals surface area contributed by atoms with Crippen LogP contribution < -0.4 is 10.6 Å². The molecule has 0 saturated carbocycles. The highest BCUT2D eigenvalue weighted by Gasteiger charge is 2.07. The zero-order valence-electron chi connectivity index (χ0n) is 15.8. The van der Waals surface area contributed by atoms with E-state index in [1.165, 1.54) is 0 Å². The van der Waals surface area contributed by atoms with Gasteiger partial charge in [-0.05, 0) is 62.9 Å². The van der Waals surface area contributed by atoms with Gasteiger partial charge in [-0.25, -0.2) is 0 Å². The quantitative estimate of drug-likeness (QED) is 0.499. The molecular formula is C19H28ClN5S. The Labute approximate surface area is 166 Å². The lowest BCUT2D eigenvalue weighted by Gasteiger charge is -2.18. The molecule has 142 valence electrons. The largest absolute Gasteiger partial charge is 0.362 e. The summed E-state index contributed by atoms with van der Waals surface area (Å²) >= 11 is 11.4. The fraction of sp³-hybridized carbons (Fsp3) is 0.474. The van der Waals surface area contributed by atoms with Gasteiger partial charge in [0.05, 0.1) is 6.54 Å². The third-order valence-electron chi connectivity index (χ3n) is 4.28. The van der Waals surface area contributed by atoms with Crippen LogP contribution >= 0.6 is 23.8 Å². The molecule has 1 aromatic carbocycles. The number of rotatable bonds is 9. The Hall–Kier alpha value is -1.63. The highest BCUT2D eigenvalue weighted by atomic mass is 35.5. The third kappa shape index (κ3) is 6.59. The molecule has 1 aromatic heterocycles. The molecule has 0 spiro atoms. The van der Waals surface area contributed by atoms with E-state index in [-0.39, 0.29) is 0 Å². The van der Waals surface area contributed by atoms with Crippen LogP contribution in [0.25, 0.3) is 0 Å². The number of nitrogens with one attached hydrogen (secondary N) is 2. The minimum atomic E-state index is 0.608. The van der Waals surface area contributed by atoms with Crippen molar-refractivity contribution in [1.29, 1.82) is 0 Å². The molecule has 2 N–H and O–H groups in total. The molecule has 0 saturated heterocycles. The highest BCUT2D eigenvalue weighted by molar-refractivity contribution is 7.80. The smallest absolute Gasteiger partial charge is 0.171 e. The van der Waals surface area contributed by atoms with Crippen molar-refractivity contribution in [2.75, 3.05) is 31.5 Å². The molecule has 2 rings (SSSR count). The number of hydrogen-bond acceptors (Lipinski definition) is 3. The van der Waals surface area contributed by atoms with Crippen LogP contribution in [-0.2, 0) is 6.54 Å². The lowest BCUT2D eigenvalue weighted by molar-refractivity contribution is 0.300. The number of aromatic nitrogens is 2. The average Bonchev–Trinajstić information content (AvgIpc) is 2.94. The molecular weight excluding hydrogens is 366 g/mol. The van der Waals surface area contributed by atoms with E-state index < -0.39 is 0 Å². The number of thiocarbonyl (C=S) groups is 1. The first kappa shape index (κ1) is 20.7. The van der Waals surface area contributed by atoms with Gasteiger partial charge in [0.25, 0.3) is 0 Å². The van der Waals surface area contributed by atoms with Gasteiger partial charge in [-0.3, -0.25) is 4.68 Å². The van der Waals surface area contributed by atoms with Crippen molar-refractivity contribution in [2.45, 2.75) is 33.7 Å². The molecule has 2 aromatic rings. The number of benzene rings is 1. The second-order valence-electron chi connectivity index (χ2n) is 6.22. The van der Waals surface area contributed by atoms with E-state index in [0.717, 1.165) is 54.7 Å². The first-order chi connectivity index (χ1) is 12.5. The van der Waals surface area contributed by atoms with Crippen LogP contribution in [0, 0.1) is 6.92 Å². The molecule has 0 aliphatic carbocycles. The molecule has 5 nitrogen and oxygen atoms in total. The predicted molar refractivity (Wildman–Crippen MR) is 114 cm³/mol. The molecule has 0 aliphatic heterocycles. The van der Waals surface area contributed by atoms with Gasteiger partial charge < -0.3 is 15.5 Å². The third-order valence-corrected chi connectivity index (χ3v) is 4.76. The second kappa shape index (κ2) is 10.5. The van der Waals surface area contributed by atoms with E-state index in [1.807, 2.05) is 41.9 Å². The molecule has 0 aliphatic rings. The molecule has 0 bridgehead atoms. The monoisotopic (exact) mass is 393 g/mol. The van der Waals surface area contributed by atoms with Gasteiger partial charge in [-0.1, -0.05) is 37.6 Å². The summed E-state index contributed by atoms with van der Waals surface area (Å²) in [5.74, 6) is 0.755. The molecule has 0 fully saturated rings.